The fourth-order valence-electron chi connectivity index (χ4n) is 2.94. The van der Waals surface area contributed by atoms with E-state index in [1.165, 1.54) is 6.07 Å². The van der Waals surface area contributed by atoms with Crippen LogP contribution in [0, 0.1) is 12.7 Å². The van der Waals surface area contributed by atoms with Crippen LogP contribution < -0.4 is 5.73 Å². The molecule has 0 unspecified atom stereocenters. The van der Waals surface area contributed by atoms with E-state index in [1.807, 2.05) is 20.8 Å². The number of likely N-dealkylation sites (tertiary alicyclic amines) is 1. The van der Waals surface area contributed by atoms with Crippen LogP contribution in [0.15, 0.2) is 12.1 Å². The van der Waals surface area contributed by atoms with Gasteiger partial charge in [-0.15, -0.1) is 0 Å². The fourth-order valence-corrected chi connectivity index (χ4v) is 2.94. The summed E-state index contributed by atoms with van der Waals surface area (Å²) < 4.78 is 19.2. The molecule has 122 valence electrons. The zero-order valence-corrected chi connectivity index (χ0v) is 13.8. The van der Waals surface area contributed by atoms with Gasteiger partial charge in [-0.25, -0.2) is 9.18 Å². The number of anilines is 1. The molecular formula is C17H25FN2O2. The number of rotatable bonds is 1. The Labute approximate surface area is 131 Å². The van der Waals surface area contributed by atoms with Crippen molar-refractivity contribution in [1.29, 1.82) is 0 Å². The van der Waals surface area contributed by atoms with Crippen molar-refractivity contribution in [2.45, 2.75) is 52.1 Å². The number of benzene rings is 1. The summed E-state index contributed by atoms with van der Waals surface area (Å²) in [6.07, 6.45) is 1.26. The average Bonchev–Trinajstić information content (AvgIpc) is 2.42. The summed E-state index contributed by atoms with van der Waals surface area (Å²) >= 11 is 0. The Balaban J connectivity index is 2.04. The van der Waals surface area contributed by atoms with E-state index in [-0.39, 0.29) is 17.8 Å². The number of nitrogens with two attached hydrogens (primary N) is 1. The predicted octanol–water partition coefficient (Wildman–Crippen LogP) is 3.83. The van der Waals surface area contributed by atoms with E-state index in [0.29, 0.717) is 24.3 Å². The van der Waals surface area contributed by atoms with Crippen LogP contribution in [0.5, 0.6) is 0 Å². The van der Waals surface area contributed by atoms with Crippen LogP contribution >= 0.6 is 0 Å². The van der Waals surface area contributed by atoms with Gasteiger partial charge in [0.1, 0.15) is 11.4 Å². The molecule has 1 aromatic rings. The van der Waals surface area contributed by atoms with Gasteiger partial charge in [-0.05, 0) is 69.7 Å². The highest BCUT2D eigenvalue weighted by atomic mass is 19.1. The lowest BCUT2D eigenvalue weighted by molar-refractivity contribution is 0.0205. The van der Waals surface area contributed by atoms with Crippen LogP contribution in [0.2, 0.25) is 0 Å². The van der Waals surface area contributed by atoms with Gasteiger partial charge in [0.15, 0.2) is 0 Å². The van der Waals surface area contributed by atoms with Gasteiger partial charge in [0.05, 0.1) is 0 Å². The second-order valence-corrected chi connectivity index (χ2v) is 6.92. The number of amides is 1. The molecule has 1 aromatic carbocycles. The van der Waals surface area contributed by atoms with Crippen molar-refractivity contribution in [1.82, 2.24) is 4.90 Å². The number of halogens is 1. The molecule has 1 aliphatic rings. The Morgan fingerprint density at radius 2 is 1.91 bits per heavy atom. The van der Waals surface area contributed by atoms with E-state index < -0.39 is 5.60 Å². The maximum absolute atomic E-state index is 13.8. The summed E-state index contributed by atoms with van der Waals surface area (Å²) in [6.45, 7) is 8.54. The van der Waals surface area contributed by atoms with Crippen LogP contribution in [0.25, 0.3) is 0 Å². The molecule has 1 heterocycles. The molecule has 1 amide bonds. The number of nitrogens with zero attached hydrogens (tertiary/aromatic N) is 1. The molecule has 0 aliphatic carbocycles. The summed E-state index contributed by atoms with van der Waals surface area (Å²) in [5, 5.41) is 0. The van der Waals surface area contributed by atoms with Crippen molar-refractivity contribution in [2.75, 3.05) is 18.8 Å². The van der Waals surface area contributed by atoms with Crippen LogP contribution in [-0.2, 0) is 4.74 Å². The monoisotopic (exact) mass is 308 g/mol. The summed E-state index contributed by atoms with van der Waals surface area (Å²) in [7, 11) is 0. The average molecular weight is 308 g/mol. The number of carbonyl (C=O) groups is 1. The zero-order chi connectivity index (χ0) is 16.5. The fraction of sp³-hybridized carbons (Fsp3) is 0.588. The smallest absolute Gasteiger partial charge is 0.410 e. The largest absolute Gasteiger partial charge is 0.444 e. The van der Waals surface area contributed by atoms with Crippen LogP contribution in [0.3, 0.4) is 0 Å². The minimum Gasteiger partial charge on any atom is -0.444 e. The van der Waals surface area contributed by atoms with E-state index in [9.17, 15) is 9.18 Å². The van der Waals surface area contributed by atoms with Crippen molar-refractivity contribution in [3.05, 3.63) is 29.1 Å². The Bertz CT molecular complexity index is 559. The third-order valence-corrected chi connectivity index (χ3v) is 4.04. The molecule has 5 heteroatoms. The van der Waals surface area contributed by atoms with Crippen molar-refractivity contribution in [3.8, 4) is 0 Å². The maximum Gasteiger partial charge on any atom is 0.410 e. The quantitative estimate of drug-likeness (QED) is 0.802. The molecule has 0 bridgehead atoms. The second-order valence-electron chi connectivity index (χ2n) is 6.92. The lowest BCUT2D eigenvalue weighted by Crippen LogP contribution is -2.41. The number of hydrogen-bond donors (Lipinski definition) is 1. The van der Waals surface area contributed by atoms with E-state index in [4.69, 9.17) is 10.5 Å². The highest BCUT2D eigenvalue weighted by Gasteiger charge is 2.29. The Kier molecular flexibility index (Phi) is 4.63. The lowest BCUT2D eigenvalue weighted by Gasteiger charge is -2.34. The maximum atomic E-state index is 13.8. The molecule has 2 rings (SSSR count). The van der Waals surface area contributed by atoms with Crippen molar-refractivity contribution >= 4 is 11.8 Å². The van der Waals surface area contributed by atoms with Crippen LogP contribution in [0.1, 0.15) is 50.7 Å². The Morgan fingerprint density at radius 3 is 2.45 bits per heavy atom. The third-order valence-electron chi connectivity index (χ3n) is 4.04. The molecule has 0 radical (unpaired) electrons. The number of piperidine rings is 1. The summed E-state index contributed by atoms with van der Waals surface area (Å²) in [5.74, 6) is -0.0341. The SMILES string of the molecule is Cc1c(F)ccc(N)c1C1CCN(C(=O)OC(C)(C)C)CC1. The summed E-state index contributed by atoms with van der Waals surface area (Å²) in [6, 6.07) is 3.03. The molecule has 0 saturated carbocycles. The van der Waals surface area contributed by atoms with Gasteiger partial charge in [-0.3, -0.25) is 0 Å². The first kappa shape index (κ1) is 16.6. The van der Waals surface area contributed by atoms with Crippen LogP contribution in [0.4, 0.5) is 14.9 Å². The minimum absolute atomic E-state index is 0.189. The van der Waals surface area contributed by atoms with Gasteiger partial charge in [0, 0.05) is 18.8 Å². The van der Waals surface area contributed by atoms with Gasteiger partial charge in [0.2, 0.25) is 0 Å². The summed E-state index contributed by atoms with van der Waals surface area (Å²) in [5.41, 5.74) is 7.69. The Hall–Kier alpha value is -1.78. The molecule has 1 fully saturated rings. The van der Waals surface area contributed by atoms with E-state index in [0.717, 1.165) is 18.4 Å². The molecule has 1 saturated heterocycles. The zero-order valence-electron chi connectivity index (χ0n) is 13.8. The Morgan fingerprint density at radius 1 is 1.32 bits per heavy atom. The van der Waals surface area contributed by atoms with Crippen molar-refractivity contribution in [2.24, 2.45) is 0 Å². The standard InChI is InChI=1S/C17H25FN2O2/c1-11-13(18)5-6-14(19)15(11)12-7-9-20(10-8-12)16(21)22-17(2,3)4/h5-6,12H,7-10,19H2,1-4H3. The predicted molar refractivity (Wildman–Crippen MR) is 85.3 cm³/mol. The molecule has 1 aliphatic heterocycles. The first-order chi connectivity index (χ1) is 10.2. The van der Waals surface area contributed by atoms with Gasteiger partial charge in [-0.2, -0.15) is 0 Å². The molecule has 0 spiro atoms. The molecule has 4 nitrogen and oxygen atoms in total. The van der Waals surface area contributed by atoms with Gasteiger partial charge >= 0.3 is 6.09 Å². The van der Waals surface area contributed by atoms with Crippen molar-refractivity contribution < 1.29 is 13.9 Å². The van der Waals surface area contributed by atoms with E-state index in [1.54, 1.807) is 17.9 Å². The van der Waals surface area contributed by atoms with Gasteiger partial charge in [-0.1, -0.05) is 0 Å². The number of hydrogen-bond acceptors (Lipinski definition) is 3. The normalized spacial score (nSPS) is 16.7. The molecule has 2 N–H and O–H groups in total. The van der Waals surface area contributed by atoms with Crippen molar-refractivity contribution in [3.63, 3.8) is 0 Å². The van der Waals surface area contributed by atoms with E-state index >= 15 is 0 Å². The van der Waals surface area contributed by atoms with Crippen LogP contribution in [-0.4, -0.2) is 29.7 Å². The highest BCUT2D eigenvalue weighted by molar-refractivity contribution is 5.68. The second kappa shape index (κ2) is 6.15. The number of carbonyl (C=O) groups excluding carboxylic acids is 1. The highest BCUT2D eigenvalue weighted by Crippen LogP contribution is 2.35. The third kappa shape index (κ3) is 3.70. The van der Waals surface area contributed by atoms with Gasteiger partial charge < -0.3 is 15.4 Å². The first-order valence-corrected chi connectivity index (χ1v) is 7.71. The molecule has 0 aromatic heterocycles. The molecule has 22 heavy (non-hydrogen) atoms. The minimum atomic E-state index is -0.489. The number of ether oxygens (including phenoxy) is 1. The van der Waals surface area contributed by atoms with E-state index in [2.05, 4.69) is 0 Å². The molecular weight excluding hydrogens is 283 g/mol. The molecule has 0 atom stereocenters. The van der Waals surface area contributed by atoms with Gasteiger partial charge in [0.25, 0.3) is 0 Å². The number of nitrogen functional groups attached to an aromatic ring is 1. The first-order valence-electron chi connectivity index (χ1n) is 7.71. The lowest BCUT2D eigenvalue weighted by atomic mass is 9.85. The summed E-state index contributed by atoms with van der Waals surface area (Å²) in [4.78, 5) is 13.8. The topological polar surface area (TPSA) is 55.6 Å².